The first-order chi connectivity index (χ1) is 14.7. The first kappa shape index (κ1) is 24.3. The molecule has 172 valence electrons. The second-order valence-electron chi connectivity index (χ2n) is 11.5. The van der Waals surface area contributed by atoms with Crippen molar-refractivity contribution in [1.29, 1.82) is 0 Å². The molecule has 4 rings (SSSR count). The summed E-state index contributed by atoms with van der Waals surface area (Å²) in [5.74, 6) is 2.46. The van der Waals surface area contributed by atoms with Crippen LogP contribution in [0.4, 0.5) is 0 Å². The number of hydrogen-bond donors (Lipinski definition) is 0. The summed E-state index contributed by atoms with van der Waals surface area (Å²) in [5, 5.41) is 0. The molecule has 2 fully saturated rings. The van der Waals surface area contributed by atoms with Crippen LogP contribution in [-0.2, 0) is 0 Å². The summed E-state index contributed by atoms with van der Waals surface area (Å²) in [4.78, 5) is 0. The minimum atomic E-state index is 0.339. The molecule has 31 heavy (non-hydrogen) atoms. The van der Waals surface area contributed by atoms with Gasteiger partial charge in [0.15, 0.2) is 0 Å². The maximum atomic E-state index is 4.44. The number of allylic oxidation sites excluding steroid dienone is 7. The van der Waals surface area contributed by atoms with Crippen molar-refractivity contribution in [3.8, 4) is 0 Å². The zero-order valence-electron chi connectivity index (χ0n) is 21.3. The van der Waals surface area contributed by atoms with E-state index >= 15 is 0 Å². The molecule has 0 nitrogen and oxygen atoms in total. The summed E-state index contributed by atoms with van der Waals surface area (Å²) >= 11 is 0. The number of rotatable bonds is 5. The Labute approximate surface area is 193 Å². The highest BCUT2D eigenvalue weighted by Gasteiger charge is 2.55. The van der Waals surface area contributed by atoms with Crippen LogP contribution in [0.15, 0.2) is 59.8 Å². The van der Waals surface area contributed by atoms with Gasteiger partial charge in [-0.05, 0) is 94.3 Å². The molecule has 5 unspecified atom stereocenters. The highest BCUT2D eigenvalue weighted by Crippen LogP contribution is 2.65. The molecule has 0 aromatic carbocycles. The molecule has 4 aliphatic rings. The maximum Gasteiger partial charge on any atom is 0.0101 e. The van der Waals surface area contributed by atoms with Crippen LogP contribution in [0.25, 0.3) is 0 Å². The summed E-state index contributed by atoms with van der Waals surface area (Å²) < 4.78 is 0. The van der Waals surface area contributed by atoms with E-state index in [1.165, 1.54) is 80.9 Å². The lowest BCUT2D eigenvalue weighted by molar-refractivity contribution is 0.0963. The highest BCUT2D eigenvalue weighted by molar-refractivity contribution is 5.43. The Balaban J connectivity index is 0.000000339. The van der Waals surface area contributed by atoms with Gasteiger partial charge in [0.1, 0.15) is 0 Å². The molecule has 0 aromatic rings. The second-order valence-corrected chi connectivity index (χ2v) is 11.5. The Kier molecular flexibility index (Phi) is 7.60. The summed E-state index contributed by atoms with van der Waals surface area (Å²) in [6.45, 7) is 24.2. The van der Waals surface area contributed by atoms with E-state index in [1.807, 2.05) is 0 Å². The maximum absolute atomic E-state index is 4.44. The molecule has 5 atom stereocenters. The molecule has 0 bridgehead atoms. The molecule has 2 saturated carbocycles. The molecular formula is C31H48. The largest absolute Gasteiger partial charge is 0.100 e. The zero-order valence-corrected chi connectivity index (χ0v) is 21.3. The highest BCUT2D eigenvalue weighted by atomic mass is 14.6. The molecule has 0 aliphatic heterocycles. The van der Waals surface area contributed by atoms with E-state index in [4.69, 9.17) is 0 Å². The Morgan fingerprint density at radius 2 is 1.84 bits per heavy atom. The van der Waals surface area contributed by atoms with Crippen molar-refractivity contribution in [3.05, 3.63) is 59.8 Å². The van der Waals surface area contributed by atoms with Crippen LogP contribution in [0, 0.1) is 28.6 Å². The molecule has 0 radical (unpaired) electrons. The van der Waals surface area contributed by atoms with E-state index < -0.39 is 0 Å². The van der Waals surface area contributed by atoms with Gasteiger partial charge in [-0.1, -0.05) is 87.3 Å². The van der Waals surface area contributed by atoms with Crippen molar-refractivity contribution >= 4 is 0 Å². The van der Waals surface area contributed by atoms with E-state index in [2.05, 4.69) is 66.5 Å². The topological polar surface area (TPSA) is 0 Å². The lowest BCUT2D eigenvalue weighted by Crippen LogP contribution is -2.44. The molecule has 0 heteroatoms. The quantitative estimate of drug-likeness (QED) is 0.388. The molecule has 0 aromatic heterocycles. The minimum Gasteiger partial charge on any atom is -0.100 e. The summed E-state index contributed by atoms with van der Waals surface area (Å²) in [5.41, 5.74) is 8.45. The average molecular weight is 421 g/mol. The van der Waals surface area contributed by atoms with Gasteiger partial charge < -0.3 is 0 Å². The fourth-order valence-corrected chi connectivity index (χ4v) is 7.34. The van der Waals surface area contributed by atoms with Crippen molar-refractivity contribution in [3.63, 3.8) is 0 Å². The molecule has 0 amide bonds. The van der Waals surface area contributed by atoms with Crippen LogP contribution in [0.1, 0.15) is 105 Å². The van der Waals surface area contributed by atoms with E-state index in [9.17, 15) is 0 Å². The van der Waals surface area contributed by atoms with Gasteiger partial charge in [0.05, 0.1) is 0 Å². The van der Waals surface area contributed by atoms with Crippen molar-refractivity contribution < 1.29 is 0 Å². The Hall–Kier alpha value is -1.30. The van der Waals surface area contributed by atoms with Gasteiger partial charge in [0.2, 0.25) is 0 Å². The van der Waals surface area contributed by atoms with Gasteiger partial charge in [0.25, 0.3) is 0 Å². The first-order valence-electron chi connectivity index (χ1n) is 13.1. The Morgan fingerprint density at radius 1 is 1.10 bits per heavy atom. The molecule has 0 spiro atoms. The third-order valence-electron chi connectivity index (χ3n) is 9.36. The zero-order chi connectivity index (χ0) is 22.8. The summed E-state index contributed by atoms with van der Waals surface area (Å²) in [6.07, 6.45) is 19.3. The number of hydrogen-bond acceptors (Lipinski definition) is 0. The van der Waals surface area contributed by atoms with E-state index in [0.29, 0.717) is 10.8 Å². The fourth-order valence-electron chi connectivity index (χ4n) is 7.34. The Morgan fingerprint density at radius 3 is 2.45 bits per heavy atom. The monoisotopic (exact) mass is 420 g/mol. The van der Waals surface area contributed by atoms with E-state index in [-0.39, 0.29) is 0 Å². The summed E-state index contributed by atoms with van der Waals surface area (Å²) in [7, 11) is 0. The normalized spacial score (nSPS) is 36.2. The lowest BCUT2D eigenvalue weighted by atomic mass is 9.51. The van der Waals surface area contributed by atoms with Crippen molar-refractivity contribution in [2.45, 2.75) is 105 Å². The van der Waals surface area contributed by atoms with E-state index in [1.54, 1.807) is 11.1 Å². The minimum absolute atomic E-state index is 0.339. The van der Waals surface area contributed by atoms with Crippen LogP contribution in [0.5, 0.6) is 0 Å². The van der Waals surface area contributed by atoms with Crippen LogP contribution in [0.2, 0.25) is 0 Å². The summed E-state index contributed by atoms with van der Waals surface area (Å²) in [6, 6.07) is 0. The molecule has 0 saturated heterocycles. The van der Waals surface area contributed by atoms with Crippen molar-refractivity contribution in [1.82, 2.24) is 0 Å². The van der Waals surface area contributed by atoms with Gasteiger partial charge in [-0.15, -0.1) is 6.58 Å². The third kappa shape index (κ3) is 4.60. The molecule has 0 heterocycles. The van der Waals surface area contributed by atoms with E-state index in [0.717, 1.165) is 24.2 Å². The fraction of sp³-hybridized carbons (Fsp3) is 0.677. The van der Waals surface area contributed by atoms with Crippen LogP contribution >= 0.6 is 0 Å². The third-order valence-corrected chi connectivity index (χ3v) is 9.36. The van der Waals surface area contributed by atoms with Crippen LogP contribution in [0.3, 0.4) is 0 Å². The van der Waals surface area contributed by atoms with Gasteiger partial charge in [0, 0.05) is 5.41 Å². The predicted octanol–water partition coefficient (Wildman–Crippen LogP) is 9.76. The number of unbranched alkanes of at least 4 members (excludes halogenated alkanes) is 1. The standard InChI is InChI=1S/C24H34.C7H14/c1-6-17(3)20-9-10-21-19-8-7-18-15-16(2)11-13-23(18,4)22(19)12-14-24(20,21)5;1-4-5-6-7(2)3/h12,15,19-21H,2-3,6-11,13-14H2,1,4-5H3;2,4-6H2,1,3H3. The van der Waals surface area contributed by atoms with Crippen LogP contribution in [-0.4, -0.2) is 0 Å². The average Bonchev–Trinajstić information content (AvgIpc) is 3.10. The number of fused-ring (bicyclic) bond motifs is 5. The lowest BCUT2D eigenvalue weighted by Gasteiger charge is -2.54. The predicted molar refractivity (Wildman–Crippen MR) is 138 cm³/mol. The van der Waals surface area contributed by atoms with Gasteiger partial charge >= 0.3 is 0 Å². The van der Waals surface area contributed by atoms with Gasteiger partial charge in [-0.25, -0.2) is 0 Å². The van der Waals surface area contributed by atoms with Gasteiger partial charge in [-0.3, -0.25) is 0 Å². The van der Waals surface area contributed by atoms with Crippen molar-refractivity contribution in [2.75, 3.05) is 0 Å². The SMILES string of the molecule is C=C(C)CCCC.C=C1C=C2CCC3C(=CCC4(C)C(C(=C)CC)CCC34)C2(C)CC1. The molecular weight excluding hydrogens is 372 g/mol. The smallest absolute Gasteiger partial charge is 0.0101 e. The van der Waals surface area contributed by atoms with Crippen LogP contribution < -0.4 is 0 Å². The molecule has 0 N–H and O–H groups in total. The Bertz CT molecular complexity index is 774. The second kappa shape index (κ2) is 9.68. The van der Waals surface area contributed by atoms with Crippen molar-refractivity contribution in [2.24, 2.45) is 28.6 Å². The first-order valence-corrected chi connectivity index (χ1v) is 13.1. The van der Waals surface area contributed by atoms with Gasteiger partial charge in [-0.2, -0.15) is 0 Å². The molecule has 4 aliphatic carbocycles.